The van der Waals surface area contributed by atoms with Crippen molar-refractivity contribution < 1.29 is 0 Å². The Morgan fingerprint density at radius 2 is 1.78 bits per heavy atom. The molecule has 56 valence electrons. The van der Waals surface area contributed by atoms with E-state index in [0.717, 1.165) is 11.7 Å². The summed E-state index contributed by atoms with van der Waals surface area (Å²) in [6.45, 7) is 4.56. The molecule has 0 aromatic heterocycles. The molecule has 0 heterocycles. The van der Waals surface area contributed by atoms with Gasteiger partial charge in [0, 0.05) is 0 Å². The molecule has 0 aliphatic rings. The van der Waals surface area contributed by atoms with Crippen LogP contribution in [0.3, 0.4) is 0 Å². The van der Waals surface area contributed by atoms with E-state index in [1.54, 1.807) is 0 Å². The van der Waals surface area contributed by atoms with Crippen LogP contribution in [0, 0.1) is 5.92 Å². The molecule has 0 rings (SSSR count). The van der Waals surface area contributed by atoms with Crippen LogP contribution in [0.5, 0.6) is 0 Å². The van der Waals surface area contributed by atoms with E-state index < -0.39 is 0 Å². The van der Waals surface area contributed by atoms with Gasteiger partial charge in [-0.05, 0) is 18.1 Å². The summed E-state index contributed by atoms with van der Waals surface area (Å²) in [7, 11) is 0. The summed E-state index contributed by atoms with van der Waals surface area (Å²) in [6.07, 6.45) is 5.42. The lowest BCUT2D eigenvalue weighted by Crippen LogP contribution is -1.86. The van der Waals surface area contributed by atoms with Crippen LogP contribution in [-0.4, -0.2) is 5.75 Å². The maximum absolute atomic E-state index is 4.15. The molecule has 0 saturated heterocycles. The second kappa shape index (κ2) is 6.47. The predicted octanol–water partition coefficient (Wildman–Crippen LogP) is 3.13. The average molecular weight is 146 g/mol. The van der Waals surface area contributed by atoms with Gasteiger partial charge < -0.3 is 0 Å². The molecule has 0 fully saturated rings. The quantitative estimate of drug-likeness (QED) is 0.447. The average Bonchev–Trinajstić information content (AvgIpc) is 1.80. The van der Waals surface area contributed by atoms with Gasteiger partial charge in [-0.3, -0.25) is 0 Å². The highest BCUT2D eigenvalue weighted by atomic mass is 32.1. The van der Waals surface area contributed by atoms with Crippen LogP contribution in [0.4, 0.5) is 0 Å². The molecule has 0 aromatic carbocycles. The molecule has 0 radical (unpaired) electrons. The van der Waals surface area contributed by atoms with Gasteiger partial charge in [-0.15, -0.1) is 0 Å². The standard InChI is InChI=1S/C8H18S/c1-8(2)6-4-3-5-7-9/h8-9H,3-7H2,1-2H3. The first kappa shape index (κ1) is 9.35. The summed E-state index contributed by atoms with van der Waals surface area (Å²) in [5.41, 5.74) is 0. The Kier molecular flexibility index (Phi) is 6.72. The molecule has 0 aliphatic heterocycles. The highest BCUT2D eigenvalue weighted by molar-refractivity contribution is 7.80. The van der Waals surface area contributed by atoms with Gasteiger partial charge in [-0.25, -0.2) is 0 Å². The minimum absolute atomic E-state index is 0.880. The normalized spacial score (nSPS) is 10.7. The van der Waals surface area contributed by atoms with Crippen LogP contribution < -0.4 is 0 Å². The second-order valence-corrected chi connectivity index (χ2v) is 3.41. The first-order chi connectivity index (χ1) is 4.27. The fourth-order valence-corrected chi connectivity index (χ4v) is 1.06. The van der Waals surface area contributed by atoms with Gasteiger partial charge >= 0.3 is 0 Å². The Bertz CT molecular complexity index is 50.5. The maximum atomic E-state index is 4.15. The number of unbranched alkanes of at least 4 members (excludes halogenated alkanes) is 2. The van der Waals surface area contributed by atoms with Gasteiger partial charge in [-0.2, -0.15) is 12.6 Å². The van der Waals surface area contributed by atoms with Gasteiger partial charge in [0.2, 0.25) is 0 Å². The van der Waals surface area contributed by atoms with E-state index in [9.17, 15) is 0 Å². The van der Waals surface area contributed by atoms with Crippen molar-refractivity contribution >= 4 is 12.6 Å². The molecule has 0 saturated carbocycles. The molecular weight excluding hydrogens is 128 g/mol. The van der Waals surface area contributed by atoms with Gasteiger partial charge in [0.25, 0.3) is 0 Å². The van der Waals surface area contributed by atoms with E-state index in [1.165, 1.54) is 25.7 Å². The second-order valence-electron chi connectivity index (χ2n) is 2.97. The van der Waals surface area contributed by atoms with E-state index in [0.29, 0.717) is 0 Å². The van der Waals surface area contributed by atoms with Crippen molar-refractivity contribution in [3.63, 3.8) is 0 Å². The molecule has 0 aliphatic carbocycles. The summed E-state index contributed by atoms with van der Waals surface area (Å²) in [5, 5.41) is 0. The zero-order valence-corrected chi connectivity index (χ0v) is 7.45. The largest absolute Gasteiger partial charge is 0.179 e. The molecule has 0 amide bonds. The Labute approximate surface area is 64.4 Å². The summed E-state index contributed by atoms with van der Waals surface area (Å²) < 4.78 is 0. The first-order valence-corrected chi connectivity index (χ1v) is 4.51. The van der Waals surface area contributed by atoms with Crippen molar-refractivity contribution in [3.05, 3.63) is 0 Å². The zero-order valence-electron chi connectivity index (χ0n) is 6.56. The SMILES string of the molecule is CC(C)CCCCCS. The lowest BCUT2D eigenvalue weighted by molar-refractivity contribution is 0.535. The topological polar surface area (TPSA) is 0 Å². The van der Waals surface area contributed by atoms with Crippen LogP contribution in [-0.2, 0) is 0 Å². The monoisotopic (exact) mass is 146 g/mol. The maximum Gasteiger partial charge on any atom is -0.00979 e. The summed E-state index contributed by atoms with van der Waals surface area (Å²) in [6, 6.07) is 0. The number of rotatable bonds is 5. The van der Waals surface area contributed by atoms with Gasteiger partial charge in [0.15, 0.2) is 0 Å². The minimum Gasteiger partial charge on any atom is -0.179 e. The Morgan fingerprint density at radius 3 is 2.22 bits per heavy atom. The van der Waals surface area contributed by atoms with Crippen molar-refractivity contribution in [1.29, 1.82) is 0 Å². The van der Waals surface area contributed by atoms with E-state index in [4.69, 9.17) is 0 Å². The first-order valence-electron chi connectivity index (χ1n) is 3.88. The molecular formula is C8H18S. The third-order valence-corrected chi connectivity index (χ3v) is 1.76. The summed E-state index contributed by atoms with van der Waals surface area (Å²) in [5.74, 6) is 1.93. The molecule has 0 bridgehead atoms. The molecule has 0 aromatic rings. The Balaban J connectivity index is 2.75. The van der Waals surface area contributed by atoms with Crippen molar-refractivity contribution in [1.82, 2.24) is 0 Å². The molecule has 0 atom stereocenters. The lowest BCUT2D eigenvalue weighted by Gasteiger charge is -2.01. The van der Waals surface area contributed by atoms with E-state index in [2.05, 4.69) is 26.5 Å². The molecule has 0 N–H and O–H groups in total. The molecule has 9 heavy (non-hydrogen) atoms. The van der Waals surface area contributed by atoms with Crippen LogP contribution in [0.1, 0.15) is 39.5 Å². The van der Waals surface area contributed by atoms with Crippen LogP contribution >= 0.6 is 12.6 Å². The van der Waals surface area contributed by atoms with Gasteiger partial charge in [0.05, 0.1) is 0 Å². The Morgan fingerprint density at radius 1 is 1.11 bits per heavy atom. The number of hydrogen-bond donors (Lipinski definition) is 1. The fourth-order valence-electron chi connectivity index (χ4n) is 0.841. The van der Waals surface area contributed by atoms with Crippen molar-refractivity contribution in [2.24, 2.45) is 5.92 Å². The Hall–Kier alpha value is 0.350. The van der Waals surface area contributed by atoms with Crippen LogP contribution in [0.25, 0.3) is 0 Å². The fraction of sp³-hybridized carbons (Fsp3) is 1.00. The van der Waals surface area contributed by atoms with E-state index >= 15 is 0 Å². The minimum atomic E-state index is 0.880. The highest BCUT2D eigenvalue weighted by Gasteiger charge is 1.92. The lowest BCUT2D eigenvalue weighted by atomic mass is 10.1. The smallest absolute Gasteiger partial charge is 0.00979 e. The van der Waals surface area contributed by atoms with Gasteiger partial charge in [0.1, 0.15) is 0 Å². The van der Waals surface area contributed by atoms with E-state index in [1.807, 2.05) is 0 Å². The molecule has 1 heteroatoms. The third-order valence-electron chi connectivity index (χ3n) is 1.44. The van der Waals surface area contributed by atoms with Crippen molar-refractivity contribution in [2.75, 3.05) is 5.75 Å². The molecule has 0 nitrogen and oxygen atoms in total. The molecule has 0 spiro atoms. The summed E-state index contributed by atoms with van der Waals surface area (Å²) in [4.78, 5) is 0. The molecule has 0 unspecified atom stereocenters. The van der Waals surface area contributed by atoms with Crippen LogP contribution in [0.15, 0.2) is 0 Å². The van der Waals surface area contributed by atoms with Crippen molar-refractivity contribution in [3.8, 4) is 0 Å². The number of hydrogen-bond acceptors (Lipinski definition) is 1. The van der Waals surface area contributed by atoms with Crippen molar-refractivity contribution in [2.45, 2.75) is 39.5 Å². The van der Waals surface area contributed by atoms with E-state index in [-0.39, 0.29) is 0 Å². The van der Waals surface area contributed by atoms with Crippen LogP contribution in [0.2, 0.25) is 0 Å². The summed E-state index contributed by atoms with van der Waals surface area (Å²) >= 11 is 4.15. The number of thiol groups is 1. The third kappa shape index (κ3) is 8.35. The highest BCUT2D eigenvalue weighted by Crippen LogP contribution is 2.07. The van der Waals surface area contributed by atoms with Gasteiger partial charge in [-0.1, -0.05) is 33.1 Å². The zero-order chi connectivity index (χ0) is 7.11. The predicted molar refractivity (Wildman–Crippen MR) is 47.2 cm³/mol.